The van der Waals surface area contributed by atoms with E-state index in [0.717, 1.165) is 37.2 Å². The fourth-order valence-corrected chi connectivity index (χ4v) is 6.11. The van der Waals surface area contributed by atoms with Crippen molar-refractivity contribution in [2.45, 2.75) is 70.4 Å². The Labute approximate surface area is 218 Å². The number of hydrogen-bond acceptors (Lipinski definition) is 7. The highest BCUT2D eigenvalue weighted by Gasteiger charge is 2.42. The quantitative estimate of drug-likeness (QED) is 0.548. The Morgan fingerprint density at radius 3 is 2.81 bits per heavy atom. The Morgan fingerprint density at radius 2 is 1.97 bits per heavy atom. The summed E-state index contributed by atoms with van der Waals surface area (Å²) in [6.07, 6.45) is 9.69. The largest absolute Gasteiger partial charge is 0.476 e. The van der Waals surface area contributed by atoms with E-state index in [1.807, 2.05) is 23.1 Å². The molecule has 2 aromatic rings. The van der Waals surface area contributed by atoms with Crippen molar-refractivity contribution in [2.75, 3.05) is 41.7 Å². The first-order valence-electron chi connectivity index (χ1n) is 13.8. The van der Waals surface area contributed by atoms with Crippen LogP contribution in [0.5, 0.6) is 5.75 Å². The highest BCUT2D eigenvalue weighted by atomic mass is 19.1. The zero-order valence-electron chi connectivity index (χ0n) is 21.8. The number of hydrogen-bond donors (Lipinski definition) is 2. The van der Waals surface area contributed by atoms with Crippen LogP contribution in [-0.4, -0.2) is 58.6 Å². The number of ether oxygens (including phenoxy) is 1. The molecule has 37 heavy (non-hydrogen) atoms. The number of halogens is 1. The van der Waals surface area contributed by atoms with Crippen molar-refractivity contribution in [3.8, 4) is 5.75 Å². The van der Waals surface area contributed by atoms with E-state index in [-0.39, 0.29) is 11.7 Å². The highest BCUT2D eigenvalue weighted by molar-refractivity contribution is 6.02. The van der Waals surface area contributed by atoms with E-state index >= 15 is 0 Å². The molecule has 9 heteroatoms. The number of anilines is 4. The number of carbonyl (C=O) groups is 1. The first-order valence-corrected chi connectivity index (χ1v) is 13.8. The van der Waals surface area contributed by atoms with E-state index in [4.69, 9.17) is 4.74 Å². The molecule has 0 bridgehead atoms. The molecule has 2 atom stereocenters. The van der Waals surface area contributed by atoms with E-state index < -0.39 is 11.4 Å². The van der Waals surface area contributed by atoms with Crippen molar-refractivity contribution in [1.29, 1.82) is 0 Å². The van der Waals surface area contributed by atoms with Gasteiger partial charge in [-0.1, -0.05) is 6.42 Å². The Hall–Kier alpha value is -2.94. The second-order valence-electron chi connectivity index (χ2n) is 11.6. The maximum Gasteiger partial charge on any atom is 0.270 e. The summed E-state index contributed by atoms with van der Waals surface area (Å²) < 4.78 is 20.7. The van der Waals surface area contributed by atoms with Gasteiger partial charge in [0.2, 0.25) is 5.95 Å². The molecule has 1 saturated carbocycles. The summed E-state index contributed by atoms with van der Waals surface area (Å²) in [5, 5.41) is 6.47. The topological polar surface area (TPSA) is 82.6 Å². The van der Waals surface area contributed by atoms with Crippen LogP contribution in [0.3, 0.4) is 0 Å². The first-order chi connectivity index (χ1) is 17.9. The van der Waals surface area contributed by atoms with Crippen molar-refractivity contribution in [2.24, 2.45) is 11.8 Å². The molecule has 0 spiro atoms. The van der Waals surface area contributed by atoms with Gasteiger partial charge in [0.25, 0.3) is 5.91 Å². The number of aromatic nitrogens is 2. The van der Waals surface area contributed by atoms with E-state index in [9.17, 15) is 9.18 Å². The predicted molar refractivity (Wildman–Crippen MR) is 142 cm³/mol. The maximum absolute atomic E-state index is 14.6. The van der Waals surface area contributed by atoms with Crippen LogP contribution in [0, 0.1) is 17.7 Å². The van der Waals surface area contributed by atoms with Crippen LogP contribution in [0.25, 0.3) is 0 Å². The third-order valence-electron chi connectivity index (χ3n) is 8.27. The molecule has 1 aromatic carbocycles. The van der Waals surface area contributed by atoms with Gasteiger partial charge in [-0.05, 0) is 89.4 Å². The normalized spacial score (nSPS) is 25.2. The number of fused-ring (bicyclic) bond motifs is 2. The van der Waals surface area contributed by atoms with Crippen molar-refractivity contribution < 1.29 is 13.9 Å². The van der Waals surface area contributed by atoms with Gasteiger partial charge in [0.05, 0.1) is 11.9 Å². The van der Waals surface area contributed by atoms with Crippen LogP contribution < -0.4 is 20.3 Å². The molecule has 1 aliphatic carbocycles. The van der Waals surface area contributed by atoms with Gasteiger partial charge in [0.15, 0.2) is 17.2 Å². The summed E-state index contributed by atoms with van der Waals surface area (Å²) in [6.45, 7) is 7.41. The molecule has 4 heterocycles. The summed E-state index contributed by atoms with van der Waals surface area (Å²) in [7, 11) is 0. The summed E-state index contributed by atoms with van der Waals surface area (Å²) in [6, 6.07) is 6.23. The lowest BCUT2D eigenvalue weighted by molar-refractivity contribution is -0.132. The van der Waals surface area contributed by atoms with Crippen LogP contribution in [0.4, 0.5) is 27.5 Å². The summed E-state index contributed by atoms with van der Waals surface area (Å²) in [4.78, 5) is 26.1. The SMILES string of the molecule is CC1(C)Oc2cc(Nc3ncc(F)c(NC[C@@H]4CCCN5CCCC[C@H]45)n3)ccc2N(CC2CC2)C1=O. The molecule has 198 valence electrons. The van der Waals surface area contributed by atoms with Gasteiger partial charge in [0.1, 0.15) is 5.75 Å². The molecule has 1 aromatic heterocycles. The Bertz CT molecular complexity index is 1170. The standard InChI is InChI=1S/C28H37FN6O2/c1-28(2)26(36)35(17-18-8-9-18)23-11-10-20(14-24(23)37-28)32-27-31-16-21(29)25(33-27)30-15-19-6-5-13-34-12-4-3-7-22(19)34/h10-11,14,16,18-19,22H,3-9,12-13,15,17H2,1-2H3,(H2,30,31,32,33)/t19-,22+/m0/s1. The Balaban J connectivity index is 1.16. The van der Waals surface area contributed by atoms with E-state index in [1.165, 1.54) is 45.0 Å². The van der Waals surface area contributed by atoms with Gasteiger partial charge < -0.3 is 25.2 Å². The molecule has 3 aliphatic heterocycles. The molecule has 6 rings (SSSR count). The Morgan fingerprint density at radius 1 is 1.14 bits per heavy atom. The maximum atomic E-state index is 14.6. The molecule has 4 aliphatic rings. The molecule has 2 saturated heterocycles. The number of nitrogens with one attached hydrogen (secondary N) is 2. The number of amides is 1. The second-order valence-corrected chi connectivity index (χ2v) is 11.6. The van der Waals surface area contributed by atoms with E-state index in [1.54, 1.807) is 13.8 Å². The van der Waals surface area contributed by atoms with Crippen molar-refractivity contribution in [3.63, 3.8) is 0 Å². The zero-order chi connectivity index (χ0) is 25.6. The molecular weight excluding hydrogens is 471 g/mol. The third kappa shape index (κ3) is 5.10. The third-order valence-corrected chi connectivity index (χ3v) is 8.27. The molecule has 3 fully saturated rings. The van der Waals surface area contributed by atoms with Gasteiger partial charge in [-0.3, -0.25) is 4.79 Å². The average molecular weight is 509 g/mol. The molecule has 8 nitrogen and oxygen atoms in total. The first kappa shape index (κ1) is 24.4. The van der Waals surface area contributed by atoms with Gasteiger partial charge in [-0.15, -0.1) is 0 Å². The number of nitrogens with zero attached hydrogens (tertiary/aromatic N) is 4. The predicted octanol–water partition coefficient (Wildman–Crippen LogP) is 4.95. The van der Waals surface area contributed by atoms with Crippen LogP contribution in [-0.2, 0) is 4.79 Å². The van der Waals surface area contributed by atoms with Crippen LogP contribution in [0.1, 0.15) is 58.8 Å². The summed E-state index contributed by atoms with van der Waals surface area (Å²) >= 11 is 0. The highest BCUT2D eigenvalue weighted by Crippen LogP contribution is 2.42. The minimum atomic E-state index is -0.934. The van der Waals surface area contributed by atoms with Gasteiger partial charge in [-0.2, -0.15) is 4.98 Å². The number of carbonyl (C=O) groups excluding carboxylic acids is 1. The lowest BCUT2D eigenvalue weighted by Gasteiger charge is -2.44. The lowest BCUT2D eigenvalue weighted by atomic mass is 9.83. The van der Waals surface area contributed by atoms with Crippen LogP contribution >= 0.6 is 0 Å². The minimum absolute atomic E-state index is 0.0143. The monoisotopic (exact) mass is 508 g/mol. The van der Waals surface area contributed by atoms with Gasteiger partial charge >= 0.3 is 0 Å². The fourth-order valence-electron chi connectivity index (χ4n) is 6.11. The number of rotatable bonds is 7. The van der Waals surface area contributed by atoms with E-state index in [0.29, 0.717) is 36.1 Å². The average Bonchev–Trinajstić information content (AvgIpc) is 3.71. The van der Waals surface area contributed by atoms with Crippen molar-refractivity contribution in [1.82, 2.24) is 14.9 Å². The summed E-state index contributed by atoms with van der Waals surface area (Å²) in [5.41, 5.74) is 0.572. The lowest BCUT2D eigenvalue weighted by Crippen LogP contribution is -2.53. The molecule has 2 N–H and O–H groups in total. The molecule has 1 amide bonds. The van der Waals surface area contributed by atoms with Crippen molar-refractivity contribution in [3.05, 3.63) is 30.2 Å². The number of benzene rings is 1. The summed E-state index contributed by atoms with van der Waals surface area (Å²) in [5.74, 6) is 1.78. The number of piperidine rings is 2. The Kier molecular flexibility index (Phi) is 6.42. The molecule has 0 radical (unpaired) electrons. The van der Waals surface area contributed by atoms with E-state index in [2.05, 4.69) is 25.5 Å². The van der Waals surface area contributed by atoms with Gasteiger partial charge in [0, 0.05) is 30.9 Å². The van der Waals surface area contributed by atoms with Crippen LogP contribution in [0.2, 0.25) is 0 Å². The second kappa shape index (κ2) is 9.74. The fraction of sp³-hybridized carbons (Fsp3) is 0.607. The smallest absolute Gasteiger partial charge is 0.270 e. The zero-order valence-corrected chi connectivity index (χ0v) is 21.8. The van der Waals surface area contributed by atoms with Crippen LogP contribution in [0.15, 0.2) is 24.4 Å². The molecular formula is C28H37FN6O2. The minimum Gasteiger partial charge on any atom is -0.476 e. The van der Waals surface area contributed by atoms with Crippen molar-refractivity contribution >= 4 is 29.0 Å². The molecule has 0 unspecified atom stereocenters. The van der Waals surface area contributed by atoms with Gasteiger partial charge in [-0.25, -0.2) is 9.37 Å².